The lowest BCUT2D eigenvalue weighted by Crippen LogP contribution is -1.98. The van der Waals surface area contributed by atoms with Gasteiger partial charge in [-0.25, -0.2) is 4.79 Å². The Kier molecular flexibility index (Phi) is 2.16. The lowest BCUT2D eigenvalue weighted by atomic mass is 10.1. The van der Waals surface area contributed by atoms with Crippen LogP contribution < -0.4 is 0 Å². The summed E-state index contributed by atoms with van der Waals surface area (Å²) in [6, 6.07) is 3.08. The molecule has 1 aromatic heterocycles. The van der Waals surface area contributed by atoms with Crippen molar-refractivity contribution in [2.24, 2.45) is 7.05 Å². The van der Waals surface area contributed by atoms with E-state index >= 15 is 0 Å². The van der Waals surface area contributed by atoms with Crippen molar-refractivity contribution in [3.63, 3.8) is 0 Å². The summed E-state index contributed by atoms with van der Waals surface area (Å²) in [5.74, 6) is -0.965. The van der Waals surface area contributed by atoms with Crippen LogP contribution in [0, 0.1) is 6.92 Å². The first-order chi connectivity index (χ1) is 7.02. The van der Waals surface area contributed by atoms with E-state index in [1.54, 1.807) is 24.7 Å². The topological polar surface area (TPSA) is 55.1 Å². The Hall–Kier alpha value is -1.55. The number of fused-ring (bicyclic) bond motifs is 1. The molecule has 78 valence electrons. The molecule has 4 nitrogen and oxygen atoms in total. The summed E-state index contributed by atoms with van der Waals surface area (Å²) in [5.41, 5.74) is 1.57. The molecule has 0 amide bonds. The van der Waals surface area contributed by atoms with Crippen LogP contribution in [0.2, 0.25) is 5.02 Å². The molecule has 1 N–H and O–H groups in total. The molecule has 0 atom stereocenters. The minimum atomic E-state index is -0.965. The van der Waals surface area contributed by atoms with Gasteiger partial charge in [0.1, 0.15) is 0 Å². The summed E-state index contributed by atoms with van der Waals surface area (Å²) in [5, 5.41) is 14.3. The van der Waals surface area contributed by atoms with Gasteiger partial charge >= 0.3 is 5.97 Å². The van der Waals surface area contributed by atoms with Crippen molar-refractivity contribution in [1.82, 2.24) is 9.78 Å². The third-order valence-electron chi connectivity index (χ3n) is 2.34. The molecule has 0 fully saturated rings. The molecule has 0 aliphatic heterocycles. The van der Waals surface area contributed by atoms with E-state index in [-0.39, 0.29) is 5.56 Å². The number of aryl methyl sites for hydroxylation is 2. The van der Waals surface area contributed by atoms with Crippen molar-refractivity contribution in [3.8, 4) is 0 Å². The SMILES string of the molecule is Cc1nn(C)c2c(Cl)ccc(C(=O)O)c12. The molecule has 2 rings (SSSR count). The van der Waals surface area contributed by atoms with Crippen LogP contribution in [0.25, 0.3) is 10.9 Å². The van der Waals surface area contributed by atoms with Crippen molar-refractivity contribution >= 4 is 28.5 Å². The van der Waals surface area contributed by atoms with Crippen LogP contribution in [0.1, 0.15) is 16.1 Å². The minimum Gasteiger partial charge on any atom is -0.478 e. The van der Waals surface area contributed by atoms with Gasteiger partial charge in [0.15, 0.2) is 0 Å². The fourth-order valence-corrected chi connectivity index (χ4v) is 2.03. The second-order valence-corrected chi connectivity index (χ2v) is 3.74. The van der Waals surface area contributed by atoms with E-state index in [2.05, 4.69) is 5.10 Å². The Balaban J connectivity index is 2.98. The number of aromatic nitrogens is 2. The maximum Gasteiger partial charge on any atom is 0.336 e. The highest BCUT2D eigenvalue weighted by molar-refractivity contribution is 6.35. The predicted molar refractivity (Wildman–Crippen MR) is 57.4 cm³/mol. The quantitative estimate of drug-likeness (QED) is 0.808. The summed E-state index contributed by atoms with van der Waals surface area (Å²) in [6.45, 7) is 1.77. The van der Waals surface area contributed by atoms with E-state index in [1.807, 2.05) is 0 Å². The second-order valence-electron chi connectivity index (χ2n) is 3.33. The molecule has 15 heavy (non-hydrogen) atoms. The van der Waals surface area contributed by atoms with Crippen LogP contribution in [0.3, 0.4) is 0 Å². The zero-order valence-electron chi connectivity index (χ0n) is 8.28. The van der Waals surface area contributed by atoms with E-state index in [1.165, 1.54) is 6.07 Å². The molecule has 5 heteroatoms. The fourth-order valence-electron chi connectivity index (χ4n) is 1.75. The number of hydrogen-bond acceptors (Lipinski definition) is 2. The van der Waals surface area contributed by atoms with Crippen LogP contribution >= 0.6 is 11.6 Å². The number of benzene rings is 1. The Bertz CT molecular complexity index is 560. The predicted octanol–water partition coefficient (Wildman–Crippen LogP) is 2.23. The molecule has 2 aromatic rings. The Morgan fingerprint density at radius 2 is 2.20 bits per heavy atom. The van der Waals surface area contributed by atoms with Gasteiger partial charge < -0.3 is 5.11 Å². The van der Waals surface area contributed by atoms with Crippen molar-refractivity contribution in [2.45, 2.75) is 6.92 Å². The van der Waals surface area contributed by atoms with Crippen LogP contribution in [0.15, 0.2) is 12.1 Å². The van der Waals surface area contributed by atoms with Crippen LogP contribution in [-0.4, -0.2) is 20.9 Å². The molecule has 0 aliphatic rings. The van der Waals surface area contributed by atoms with Crippen molar-refractivity contribution in [3.05, 3.63) is 28.4 Å². The van der Waals surface area contributed by atoms with Gasteiger partial charge in [-0.1, -0.05) is 11.6 Å². The van der Waals surface area contributed by atoms with Crippen molar-refractivity contribution < 1.29 is 9.90 Å². The van der Waals surface area contributed by atoms with E-state index in [0.29, 0.717) is 21.6 Å². The molecule has 1 aromatic carbocycles. The van der Waals surface area contributed by atoms with E-state index < -0.39 is 5.97 Å². The maximum absolute atomic E-state index is 11.0. The number of carboxylic acids is 1. The van der Waals surface area contributed by atoms with Gasteiger partial charge in [-0.15, -0.1) is 0 Å². The van der Waals surface area contributed by atoms with E-state index in [9.17, 15) is 4.79 Å². The Morgan fingerprint density at radius 1 is 1.53 bits per heavy atom. The summed E-state index contributed by atoms with van der Waals surface area (Å²) in [7, 11) is 1.74. The van der Waals surface area contributed by atoms with Crippen LogP contribution in [0.4, 0.5) is 0 Å². The zero-order valence-corrected chi connectivity index (χ0v) is 9.04. The Labute approximate surface area is 91.1 Å². The standard InChI is InChI=1S/C10H9ClN2O2/c1-5-8-6(10(14)15)3-4-7(11)9(8)13(2)12-5/h3-4H,1-2H3,(H,14,15). The average molecular weight is 225 g/mol. The lowest BCUT2D eigenvalue weighted by Gasteiger charge is -2.00. The fraction of sp³-hybridized carbons (Fsp3) is 0.200. The third-order valence-corrected chi connectivity index (χ3v) is 2.65. The highest BCUT2D eigenvalue weighted by Gasteiger charge is 2.16. The molecular formula is C10H9ClN2O2. The summed E-state index contributed by atoms with van der Waals surface area (Å²) in [6.07, 6.45) is 0. The van der Waals surface area contributed by atoms with Gasteiger partial charge in [0.2, 0.25) is 0 Å². The number of carboxylic acid groups (broad SMARTS) is 1. The average Bonchev–Trinajstić information content (AvgIpc) is 2.43. The molecule has 0 saturated heterocycles. The van der Waals surface area contributed by atoms with Crippen molar-refractivity contribution in [2.75, 3.05) is 0 Å². The number of hydrogen-bond donors (Lipinski definition) is 1. The van der Waals surface area contributed by atoms with E-state index in [4.69, 9.17) is 16.7 Å². The number of carbonyl (C=O) groups is 1. The highest BCUT2D eigenvalue weighted by Crippen LogP contribution is 2.28. The molecule has 0 aliphatic carbocycles. The second kappa shape index (κ2) is 3.24. The number of halogens is 1. The summed E-state index contributed by atoms with van der Waals surface area (Å²) in [4.78, 5) is 11.0. The maximum atomic E-state index is 11.0. The summed E-state index contributed by atoms with van der Waals surface area (Å²) < 4.78 is 1.60. The molecular weight excluding hydrogens is 216 g/mol. The first-order valence-electron chi connectivity index (χ1n) is 4.37. The molecule has 0 radical (unpaired) electrons. The first-order valence-corrected chi connectivity index (χ1v) is 4.75. The number of nitrogens with zero attached hydrogens (tertiary/aromatic N) is 2. The first kappa shape index (κ1) is 9.98. The van der Waals surface area contributed by atoms with Gasteiger partial charge in [-0.3, -0.25) is 4.68 Å². The van der Waals surface area contributed by atoms with Gasteiger partial charge in [0.05, 0.1) is 21.8 Å². The van der Waals surface area contributed by atoms with Crippen LogP contribution in [0.5, 0.6) is 0 Å². The zero-order chi connectivity index (χ0) is 11.2. The minimum absolute atomic E-state index is 0.236. The van der Waals surface area contributed by atoms with Gasteiger partial charge in [0.25, 0.3) is 0 Å². The smallest absolute Gasteiger partial charge is 0.336 e. The number of rotatable bonds is 1. The van der Waals surface area contributed by atoms with Gasteiger partial charge in [-0.2, -0.15) is 5.10 Å². The summed E-state index contributed by atoms with van der Waals surface area (Å²) >= 11 is 6.00. The van der Waals surface area contributed by atoms with Crippen LogP contribution in [-0.2, 0) is 7.05 Å². The van der Waals surface area contributed by atoms with E-state index in [0.717, 1.165) is 0 Å². The lowest BCUT2D eigenvalue weighted by molar-refractivity contribution is 0.0699. The van der Waals surface area contributed by atoms with Gasteiger partial charge in [0, 0.05) is 12.4 Å². The molecule has 1 heterocycles. The molecule has 0 saturated carbocycles. The third kappa shape index (κ3) is 1.37. The largest absolute Gasteiger partial charge is 0.478 e. The Morgan fingerprint density at radius 3 is 2.80 bits per heavy atom. The number of aromatic carboxylic acids is 1. The molecule has 0 bridgehead atoms. The normalized spacial score (nSPS) is 10.9. The molecule has 0 unspecified atom stereocenters. The highest BCUT2D eigenvalue weighted by atomic mass is 35.5. The molecule has 0 spiro atoms. The van der Waals surface area contributed by atoms with Crippen molar-refractivity contribution in [1.29, 1.82) is 0 Å². The van der Waals surface area contributed by atoms with Gasteiger partial charge in [-0.05, 0) is 19.1 Å². The monoisotopic (exact) mass is 224 g/mol.